The zero-order valence-electron chi connectivity index (χ0n) is 19.3. The van der Waals surface area contributed by atoms with E-state index in [4.69, 9.17) is 9.97 Å². The Labute approximate surface area is 194 Å². The number of rotatable bonds is 9. The molecule has 0 atom stereocenters. The summed E-state index contributed by atoms with van der Waals surface area (Å²) in [4.78, 5) is 22.1. The van der Waals surface area contributed by atoms with Gasteiger partial charge in [-0.15, -0.1) is 0 Å². The quantitative estimate of drug-likeness (QED) is 0.303. The number of carbonyl (C=O) groups is 1. The van der Waals surface area contributed by atoms with Gasteiger partial charge in [-0.3, -0.25) is 9.20 Å². The lowest BCUT2D eigenvalue weighted by atomic mass is 10.0. The van der Waals surface area contributed by atoms with Crippen LogP contribution in [0.15, 0.2) is 67.0 Å². The fourth-order valence-electron chi connectivity index (χ4n) is 4.08. The van der Waals surface area contributed by atoms with Gasteiger partial charge in [0.2, 0.25) is 0 Å². The van der Waals surface area contributed by atoms with E-state index in [2.05, 4.69) is 35.7 Å². The number of imidazole rings is 1. The minimum absolute atomic E-state index is 0.245. The Kier molecular flexibility index (Phi) is 5.95. The summed E-state index contributed by atoms with van der Waals surface area (Å²) in [5.41, 5.74) is 5.57. The van der Waals surface area contributed by atoms with Gasteiger partial charge in [0.1, 0.15) is 0 Å². The van der Waals surface area contributed by atoms with Crippen LogP contribution in [-0.2, 0) is 0 Å². The van der Waals surface area contributed by atoms with E-state index >= 15 is 0 Å². The van der Waals surface area contributed by atoms with Gasteiger partial charge in [-0.2, -0.15) is 0 Å². The number of aromatic nitrogens is 3. The van der Waals surface area contributed by atoms with Crippen molar-refractivity contribution in [3.63, 3.8) is 0 Å². The van der Waals surface area contributed by atoms with Gasteiger partial charge < -0.3 is 5.32 Å². The summed E-state index contributed by atoms with van der Waals surface area (Å²) < 4.78 is 2.11. The van der Waals surface area contributed by atoms with Crippen molar-refractivity contribution in [3.05, 3.63) is 72.6 Å². The highest BCUT2D eigenvalue weighted by atomic mass is 16.1. The van der Waals surface area contributed by atoms with E-state index in [1.807, 2.05) is 54.9 Å². The summed E-state index contributed by atoms with van der Waals surface area (Å²) in [5, 5.41) is 3.50. The first kappa shape index (κ1) is 21.4. The SMILES string of the molecule is CC(C)CCNc1nc(-c2ccccc2)cn2c(-c3ccc(C(=O)CC4CC4)cc3)cnc12. The largest absolute Gasteiger partial charge is 0.367 e. The molecule has 0 radical (unpaired) electrons. The average Bonchev–Trinajstić information content (AvgIpc) is 3.54. The lowest BCUT2D eigenvalue weighted by Crippen LogP contribution is -2.09. The molecule has 2 aromatic carbocycles. The highest BCUT2D eigenvalue weighted by Crippen LogP contribution is 2.34. The van der Waals surface area contributed by atoms with Crippen molar-refractivity contribution in [1.29, 1.82) is 0 Å². The standard InChI is InChI=1S/C28H30N4O/c1-19(2)14-15-29-27-28-30-17-25(32(28)18-24(31-27)21-6-4-3-5-7-21)22-10-12-23(13-11-22)26(33)16-20-8-9-20/h3-7,10-13,17-20H,8-9,14-16H2,1-2H3,(H,29,31). The molecule has 2 aromatic heterocycles. The summed E-state index contributed by atoms with van der Waals surface area (Å²) in [6.07, 6.45) is 8.06. The second-order valence-electron chi connectivity index (χ2n) is 9.44. The maximum atomic E-state index is 12.5. The number of fused-ring (bicyclic) bond motifs is 1. The molecule has 2 heterocycles. The number of hydrogen-bond acceptors (Lipinski definition) is 4. The summed E-state index contributed by atoms with van der Waals surface area (Å²) in [6, 6.07) is 18.2. The normalized spacial score (nSPS) is 13.5. The van der Waals surface area contributed by atoms with Crippen molar-refractivity contribution in [2.45, 2.75) is 39.5 Å². The van der Waals surface area contributed by atoms with E-state index < -0.39 is 0 Å². The van der Waals surface area contributed by atoms with Crippen molar-refractivity contribution < 1.29 is 4.79 Å². The minimum atomic E-state index is 0.245. The highest BCUT2D eigenvalue weighted by Gasteiger charge is 2.25. The van der Waals surface area contributed by atoms with Crippen molar-refractivity contribution in [2.75, 3.05) is 11.9 Å². The highest BCUT2D eigenvalue weighted by molar-refractivity contribution is 5.96. The number of hydrogen-bond donors (Lipinski definition) is 1. The molecule has 4 aromatic rings. The third-order valence-electron chi connectivity index (χ3n) is 6.25. The average molecular weight is 439 g/mol. The first-order valence-electron chi connectivity index (χ1n) is 11.9. The number of nitrogens with zero attached hydrogens (tertiary/aromatic N) is 3. The van der Waals surface area contributed by atoms with E-state index in [9.17, 15) is 4.79 Å². The number of Topliss-reactive ketones (excluding diaryl/α,β-unsaturated/α-hetero) is 1. The van der Waals surface area contributed by atoms with Crippen molar-refractivity contribution in [1.82, 2.24) is 14.4 Å². The van der Waals surface area contributed by atoms with Crippen LogP contribution in [0.2, 0.25) is 0 Å². The van der Waals surface area contributed by atoms with Gasteiger partial charge in [0.05, 0.1) is 17.6 Å². The number of carbonyl (C=O) groups excluding carboxylic acids is 1. The van der Waals surface area contributed by atoms with Crippen LogP contribution >= 0.6 is 0 Å². The predicted molar refractivity (Wildman–Crippen MR) is 133 cm³/mol. The second kappa shape index (κ2) is 9.18. The Hall–Kier alpha value is -3.47. The molecule has 0 saturated heterocycles. The molecular weight excluding hydrogens is 408 g/mol. The third-order valence-corrected chi connectivity index (χ3v) is 6.25. The molecule has 1 fully saturated rings. The number of ketones is 1. The third kappa shape index (κ3) is 4.82. The zero-order valence-corrected chi connectivity index (χ0v) is 19.3. The van der Waals surface area contributed by atoms with Gasteiger partial charge in [0, 0.05) is 35.9 Å². The van der Waals surface area contributed by atoms with Gasteiger partial charge in [-0.1, -0.05) is 68.4 Å². The zero-order chi connectivity index (χ0) is 22.8. The van der Waals surface area contributed by atoms with Crippen LogP contribution in [0, 0.1) is 11.8 Å². The van der Waals surface area contributed by atoms with E-state index in [1.165, 1.54) is 12.8 Å². The Morgan fingerprint density at radius 1 is 1.06 bits per heavy atom. The van der Waals surface area contributed by atoms with Gasteiger partial charge in [0.25, 0.3) is 0 Å². The Morgan fingerprint density at radius 3 is 2.52 bits per heavy atom. The fraction of sp³-hybridized carbons (Fsp3) is 0.321. The Morgan fingerprint density at radius 2 is 1.82 bits per heavy atom. The first-order valence-corrected chi connectivity index (χ1v) is 11.9. The second-order valence-corrected chi connectivity index (χ2v) is 9.44. The molecule has 0 unspecified atom stereocenters. The van der Waals surface area contributed by atoms with Crippen LogP contribution in [0.1, 0.15) is 49.9 Å². The Bertz CT molecular complexity index is 1250. The number of nitrogens with one attached hydrogen (secondary N) is 1. The van der Waals surface area contributed by atoms with Gasteiger partial charge in [0.15, 0.2) is 17.2 Å². The summed E-state index contributed by atoms with van der Waals surface area (Å²) in [7, 11) is 0. The van der Waals surface area contributed by atoms with Crippen LogP contribution in [0.3, 0.4) is 0 Å². The van der Waals surface area contributed by atoms with Gasteiger partial charge in [-0.25, -0.2) is 9.97 Å². The summed E-state index contributed by atoms with van der Waals surface area (Å²) in [6.45, 7) is 5.29. The molecule has 1 saturated carbocycles. The molecule has 168 valence electrons. The molecule has 5 rings (SSSR count). The fourth-order valence-corrected chi connectivity index (χ4v) is 4.08. The summed E-state index contributed by atoms with van der Waals surface area (Å²) in [5.74, 6) is 2.25. The van der Waals surface area contributed by atoms with Crippen LogP contribution in [0.25, 0.3) is 28.2 Å². The van der Waals surface area contributed by atoms with E-state index in [-0.39, 0.29) is 5.78 Å². The topological polar surface area (TPSA) is 59.3 Å². The lowest BCUT2D eigenvalue weighted by molar-refractivity contribution is 0.0976. The molecule has 1 aliphatic rings. The van der Waals surface area contributed by atoms with E-state index in [1.54, 1.807) is 0 Å². The molecule has 0 amide bonds. The van der Waals surface area contributed by atoms with Gasteiger partial charge >= 0.3 is 0 Å². The van der Waals surface area contributed by atoms with Crippen LogP contribution in [-0.4, -0.2) is 26.7 Å². The minimum Gasteiger partial charge on any atom is -0.367 e. The maximum Gasteiger partial charge on any atom is 0.180 e. The monoisotopic (exact) mass is 438 g/mol. The van der Waals surface area contributed by atoms with Gasteiger partial charge in [-0.05, 0) is 31.1 Å². The van der Waals surface area contributed by atoms with E-state index in [0.717, 1.165) is 52.5 Å². The Balaban J connectivity index is 1.51. The molecule has 33 heavy (non-hydrogen) atoms. The van der Waals surface area contributed by atoms with Crippen LogP contribution in [0.5, 0.6) is 0 Å². The molecule has 0 aliphatic heterocycles. The summed E-state index contributed by atoms with van der Waals surface area (Å²) >= 11 is 0. The number of benzene rings is 2. The molecule has 5 nitrogen and oxygen atoms in total. The lowest BCUT2D eigenvalue weighted by Gasteiger charge is -2.12. The molecule has 5 heteroatoms. The van der Waals surface area contributed by atoms with Crippen molar-refractivity contribution >= 4 is 17.2 Å². The molecule has 0 spiro atoms. The van der Waals surface area contributed by atoms with Crippen molar-refractivity contribution in [2.24, 2.45) is 11.8 Å². The smallest absolute Gasteiger partial charge is 0.180 e. The van der Waals surface area contributed by atoms with Crippen molar-refractivity contribution in [3.8, 4) is 22.5 Å². The maximum absolute atomic E-state index is 12.5. The predicted octanol–water partition coefficient (Wildman–Crippen LogP) is 6.50. The van der Waals surface area contributed by atoms with Crippen LogP contribution < -0.4 is 5.32 Å². The molecular formula is C28H30N4O. The van der Waals surface area contributed by atoms with Crippen LogP contribution in [0.4, 0.5) is 5.82 Å². The molecule has 1 N–H and O–H groups in total. The van der Waals surface area contributed by atoms with E-state index in [0.29, 0.717) is 18.3 Å². The molecule has 1 aliphatic carbocycles. The first-order chi connectivity index (χ1) is 16.1. The molecule has 0 bridgehead atoms. The number of anilines is 1.